The SMILES string of the molecule is COc1ccc(OCC(=O)Nc2ccc(-c3nc4ccccc4s3)cc2C)cc1. The molecule has 0 atom stereocenters. The Morgan fingerprint density at radius 3 is 2.52 bits per heavy atom. The quantitative estimate of drug-likeness (QED) is 0.474. The molecule has 0 radical (unpaired) electrons. The van der Waals surface area contributed by atoms with Crippen molar-refractivity contribution in [3.05, 3.63) is 72.3 Å². The molecule has 0 aliphatic rings. The number of hydrogen-bond acceptors (Lipinski definition) is 5. The van der Waals surface area contributed by atoms with Gasteiger partial charge in [-0.1, -0.05) is 12.1 Å². The summed E-state index contributed by atoms with van der Waals surface area (Å²) >= 11 is 1.66. The summed E-state index contributed by atoms with van der Waals surface area (Å²) in [6.07, 6.45) is 0. The number of anilines is 1. The van der Waals surface area contributed by atoms with Gasteiger partial charge in [0.1, 0.15) is 16.5 Å². The van der Waals surface area contributed by atoms with Crippen LogP contribution in [0.15, 0.2) is 66.7 Å². The van der Waals surface area contributed by atoms with Gasteiger partial charge in [0, 0.05) is 11.3 Å². The van der Waals surface area contributed by atoms with Crippen LogP contribution < -0.4 is 14.8 Å². The Labute approximate surface area is 172 Å². The highest BCUT2D eigenvalue weighted by atomic mass is 32.1. The van der Waals surface area contributed by atoms with E-state index in [1.807, 2.05) is 43.3 Å². The minimum absolute atomic E-state index is 0.0641. The van der Waals surface area contributed by atoms with Gasteiger partial charge < -0.3 is 14.8 Å². The van der Waals surface area contributed by atoms with Crippen LogP contribution in [0.2, 0.25) is 0 Å². The number of aromatic nitrogens is 1. The van der Waals surface area contributed by atoms with Gasteiger partial charge in [-0.15, -0.1) is 11.3 Å². The van der Waals surface area contributed by atoms with Crippen molar-refractivity contribution in [3.8, 4) is 22.1 Å². The van der Waals surface area contributed by atoms with Crippen LogP contribution in [-0.2, 0) is 4.79 Å². The summed E-state index contributed by atoms with van der Waals surface area (Å²) in [5.74, 6) is 1.14. The molecule has 146 valence electrons. The summed E-state index contributed by atoms with van der Waals surface area (Å²) in [4.78, 5) is 17.0. The van der Waals surface area contributed by atoms with Crippen LogP contribution in [0.25, 0.3) is 20.8 Å². The van der Waals surface area contributed by atoms with E-state index in [1.54, 1.807) is 42.7 Å². The van der Waals surface area contributed by atoms with Crippen LogP contribution in [0.3, 0.4) is 0 Å². The van der Waals surface area contributed by atoms with Crippen molar-refractivity contribution in [3.63, 3.8) is 0 Å². The van der Waals surface area contributed by atoms with Gasteiger partial charge in [-0.25, -0.2) is 4.98 Å². The molecule has 0 unspecified atom stereocenters. The maximum absolute atomic E-state index is 12.3. The third kappa shape index (κ3) is 4.38. The molecule has 1 heterocycles. The topological polar surface area (TPSA) is 60.5 Å². The van der Waals surface area contributed by atoms with E-state index in [0.29, 0.717) is 5.75 Å². The van der Waals surface area contributed by atoms with Gasteiger partial charge in [0.15, 0.2) is 6.61 Å². The lowest BCUT2D eigenvalue weighted by Gasteiger charge is -2.11. The molecule has 1 aromatic heterocycles. The number of ether oxygens (including phenoxy) is 2. The molecule has 0 saturated heterocycles. The Kier molecular flexibility index (Phi) is 5.44. The Bertz CT molecular complexity index is 1120. The second-order valence-corrected chi connectivity index (χ2v) is 7.56. The summed E-state index contributed by atoms with van der Waals surface area (Å²) in [6.45, 7) is 1.90. The summed E-state index contributed by atoms with van der Waals surface area (Å²) in [5.41, 5.74) is 3.77. The summed E-state index contributed by atoms with van der Waals surface area (Å²) in [6, 6.07) is 21.1. The standard InChI is InChI=1S/C23H20N2O3S/c1-15-13-16(23-25-20-5-3-4-6-21(20)29-23)7-12-19(15)24-22(26)14-28-18-10-8-17(27-2)9-11-18/h3-13H,14H2,1-2H3,(H,24,26). The molecule has 4 rings (SSSR count). The lowest BCUT2D eigenvalue weighted by atomic mass is 10.1. The monoisotopic (exact) mass is 404 g/mol. The normalized spacial score (nSPS) is 10.7. The zero-order valence-corrected chi connectivity index (χ0v) is 17.0. The van der Waals surface area contributed by atoms with E-state index in [9.17, 15) is 4.79 Å². The first-order valence-corrected chi connectivity index (χ1v) is 9.97. The smallest absolute Gasteiger partial charge is 0.262 e. The lowest BCUT2D eigenvalue weighted by molar-refractivity contribution is -0.118. The van der Waals surface area contributed by atoms with E-state index in [2.05, 4.69) is 11.4 Å². The zero-order valence-electron chi connectivity index (χ0n) is 16.1. The summed E-state index contributed by atoms with van der Waals surface area (Å²) in [7, 11) is 1.60. The minimum atomic E-state index is -0.211. The Balaban J connectivity index is 1.41. The number of amides is 1. The number of aryl methyl sites for hydroxylation is 1. The number of benzene rings is 3. The van der Waals surface area contributed by atoms with Crippen LogP contribution in [-0.4, -0.2) is 24.6 Å². The van der Waals surface area contributed by atoms with E-state index in [-0.39, 0.29) is 12.5 Å². The van der Waals surface area contributed by atoms with Crippen LogP contribution >= 0.6 is 11.3 Å². The van der Waals surface area contributed by atoms with Crippen LogP contribution in [0, 0.1) is 6.92 Å². The molecule has 0 fully saturated rings. The predicted molar refractivity (Wildman–Crippen MR) is 117 cm³/mol. The number of nitrogens with one attached hydrogen (secondary N) is 1. The number of para-hydroxylation sites is 1. The van der Waals surface area contributed by atoms with E-state index >= 15 is 0 Å². The number of thiazole rings is 1. The molecule has 4 aromatic rings. The van der Waals surface area contributed by atoms with E-state index < -0.39 is 0 Å². The number of nitrogens with zero attached hydrogens (tertiary/aromatic N) is 1. The molecule has 1 N–H and O–H groups in total. The molecular formula is C23H20N2O3S. The highest BCUT2D eigenvalue weighted by Gasteiger charge is 2.10. The van der Waals surface area contributed by atoms with E-state index in [1.165, 1.54) is 0 Å². The fraction of sp³-hybridized carbons (Fsp3) is 0.130. The fourth-order valence-electron chi connectivity index (χ4n) is 2.94. The highest BCUT2D eigenvalue weighted by Crippen LogP contribution is 2.31. The Hall–Kier alpha value is -3.38. The minimum Gasteiger partial charge on any atom is -0.497 e. The zero-order chi connectivity index (χ0) is 20.2. The Morgan fingerprint density at radius 2 is 1.79 bits per heavy atom. The first-order chi connectivity index (χ1) is 14.1. The predicted octanol–water partition coefficient (Wildman–Crippen LogP) is 5.30. The fourth-order valence-corrected chi connectivity index (χ4v) is 3.90. The molecule has 0 aliphatic carbocycles. The van der Waals surface area contributed by atoms with E-state index in [4.69, 9.17) is 14.5 Å². The van der Waals surface area contributed by atoms with Crippen molar-refractivity contribution >= 4 is 33.1 Å². The number of carbonyl (C=O) groups is 1. The molecule has 1 amide bonds. The molecule has 5 nitrogen and oxygen atoms in total. The molecule has 0 saturated carbocycles. The molecule has 0 aliphatic heterocycles. The van der Waals surface area contributed by atoms with Crippen LogP contribution in [0.5, 0.6) is 11.5 Å². The molecule has 0 spiro atoms. The maximum atomic E-state index is 12.3. The lowest BCUT2D eigenvalue weighted by Crippen LogP contribution is -2.20. The van der Waals surface area contributed by atoms with Crippen LogP contribution in [0.1, 0.15) is 5.56 Å². The van der Waals surface area contributed by atoms with Gasteiger partial charge in [-0.05, 0) is 67.1 Å². The number of rotatable bonds is 6. The first-order valence-electron chi connectivity index (χ1n) is 9.16. The molecule has 6 heteroatoms. The van der Waals surface area contributed by atoms with Gasteiger partial charge in [0.2, 0.25) is 0 Å². The third-order valence-corrected chi connectivity index (χ3v) is 5.56. The molecule has 0 bridgehead atoms. The van der Waals surface area contributed by atoms with Gasteiger partial charge >= 0.3 is 0 Å². The van der Waals surface area contributed by atoms with E-state index in [0.717, 1.165) is 37.8 Å². The third-order valence-electron chi connectivity index (χ3n) is 4.47. The Morgan fingerprint density at radius 1 is 1.03 bits per heavy atom. The number of carbonyl (C=O) groups excluding carboxylic acids is 1. The van der Waals surface area contributed by atoms with Gasteiger partial charge in [0.05, 0.1) is 17.3 Å². The largest absolute Gasteiger partial charge is 0.497 e. The second-order valence-electron chi connectivity index (χ2n) is 6.53. The average Bonchev–Trinajstić information content (AvgIpc) is 3.18. The van der Waals surface area contributed by atoms with Crippen molar-refractivity contribution in [2.75, 3.05) is 19.0 Å². The first kappa shape index (κ1) is 19.0. The summed E-state index contributed by atoms with van der Waals surface area (Å²) in [5, 5.41) is 3.87. The van der Waals surface area contributed by atoms with Crippen molar-refractivity contribution in [1.29, 1.82) is 0 Å². The van der Waals surface area contributed by atoms with Crippen LogP contribution in [0.4, 0.5) is 5.69 Å². The van der Waals surface area contributed by atoms with Crippen molar-refractivity contribution in [1.82, 2.24) is 4.98 Å². The van der Waals surface area contributed by atoms with Gasteiger partial charge in [-0.3, -0.25) is 4.79 Å². The van der Waals surface area contributed by atoms with Gasteiger partial charge in [0.25, 0.3) is 5.91 Å². The average molecular weight is 404 g/mol. The van der Waals surface area contributed by atoms with Crippen molar-refractivity contribution < 1.29 is 14.3 Å². The van der Waals surface area contributed by atoms with Gasteiger partial charge in [-0.2, -0.15) is 0 Å². The maximum Gasteiger partial charge on any atom is 0.262 e. The van der Waals surface area contributed by atoms with Crippen molar-refractivity contribution in [2.24, 2.45) is 0 Å². The number of methoxy groups -OCH3 is 1. The molecule has 29 heavy (non-hydrogen) atoms. The molecular weight excluding hydrogens is 384 g/mol. The molecule has 3 aromatic carbocycles. The van der Waals surface area contributed by atoms with Crippen molar-refractivity contribution in [2.45, 2.75) is 6.92 Å². The number of hydrogen-bond donors (Lipinski definition) is 1. The summed E-state index contributed by atoms with van der Waals surface area (Å²) < 4.78 is 11.8. The second kappa shape index (κ2) is 8.32. The number of fused-ring (bicyclic) bond motifs is 1. The highest BCUT2D eigenvalue weighted by molar-refractivity contribution is 7.21.